The van der Waals surface area contributed by atoms with Crippen molar-refractivity contribution in [3.05, 3.63) is 24.3 Å². The van der Waals surface area contributed by atoms with E-state index in [1.54, 1.807) is 0 Å². The number of thiocarbonyl (C=S) groups is 1. The molecule has 0 amide bonds. The summed E-state index contributed by atoms with van der Waals surface area (Å²) in [7, 11) is 0. The number of hydrogen-bond acceptors (Lipinski definition) is 2. The third kappa shape index (κ3) is 3.67. The quantitative estimate of drug-likeness (QED) is 0.825. The fraction of sp³-hybridized carbons (Fsp3) is 0.588. The van der Waals surface area contributed by atoms with Crippen LogP contribution in [0, 0.1) is 11.8 Å². The molecule has 21 heavy (non-hydrogen) atoms. The summed E-state index contributed by atoms with van der Waals surface area (Å²) in [6.07, 6.45) is 5.63. The molecule has 2 fully saturated rings. The van der Waals surface area contributed by atoms with Crippen LogP contribution in [0.1, 0.15) is 39.5 Å². The predicted octanol–water partition coefficient (Wildman–Crippen LogP) is 3.95. The van der Waals surface area contributed by atoms with E-state index in [4.69, 9.17) is 17.0 Å². The van der Waals surface area contributed by atoms with Gasteiger partial charge in [-0.1, -0.05) is 12.5 Å². The molecule has 3 atom stereocenters. The van der Waals surface area contributed by atoms with Crippen LogP contribution in [0.15, 0.2) is 24.3 Å². The minimum absolute atomic E-state index is 0.180. The Labute approximate surface area is 132 Å². The molecule has 2 aliphatic rings. The van der Waals surface area contributed by atoms with Crippen LogP contribution in [-0.2, 0) is 0 Å². The van der Waals surface area contributed by atoms with Crippen molar-refractivity contribution >= 4 is 23.0 Å². The molecule has 2 bridgehead atoms. The molecule has 3 nitrogen and oxygen atoms in total. The zero-order chi connectivity index (χ0) is 14.8. The molecule has 2 N–H and O–H groups in total. The largest absolute Gasteiger partial charge is 0.491 e. The summed E-state index contributed by atoms with van der Waals surface area (Å²) in [5, 5.41) is 7.51. The minimum Gasteiger partial charge on any atom is -0.491 e. The van der Waals surface area contributed by atoms with Crippen LogP contribution in [-0.4, -0.2) is 17.3 Å². The van der Waals surface area contributed by atoms with Crippen LogP contribution in [0.2, 0.25) is 0 Å². The molecule has 0 heterocycles. The van der Waals surface area contributed by atoms with Crippen molar-refractivity contribution in [3.63, 3.8) is 0 Å². The van der Waals surface area contributed by atoms with Gasteiger partial charge in [-0.25, -0.2) is 0 Å². The van der Waals surface area contributed by atoms with Crippen LogP contribution in [0.3, 0.4) is 0 Å². The SMILES string of the molecule is CC(C)Oc1cccc(NC(=S)N[C@H]2C[C@H]3CC[C@H]2C3)c1. The van der Waals surface area contributed by atoms with E-state index in [2.05, 4.69) is 10.6 Å². The number of ether oxygens (including phenoxy) is 1. The number of fused-ring (bicyclic) bond motifs is 2. The van der Waals surface area contributed by atoms with E-state index in [1.807, 2.05) is 38.1 Å². The molecule has 3 rings (SSSR count). The lowest BCUT2D eigenvalue weighted by atomic mass is 9.96. The zero-order valence-corrected chi connectivity index (χ0v) is 13.6. The second-order valence-corrected chi connectivity index (χ2v) is 6.98. The van der Waals surface area contributed by atoms with Crippen LogP contribution in [0.25, 0.3) is 0 Å². The average Bonchev–Trinajstić information content (AvgIpc) is 3.00. The molecule has 1 aromatic carbocycles. The number of nitrogens with one attached hydrogen (secondary N) is 2. The molecule has 0 spiro atoms. The van der Waals surface area contributed by atoms with E-state index < -0.39 is 0 Å². The summed E-state index contributed by atoms with van der Waals surface area (Å²) in [4.78, 5) is 0. The van der Waals surface area contributed by atoms with Crippen LogP contribution >= 0.6 is 12.2 Å². The van der Waals surface area contributed by atoms with E-state index in [1.165, 1.54) is 25.7 Å². The Morgan fingerprint density at radius 1 is 1.29 bits per heavy atom. The normalized spacial score (nSPS) is 26.9. The van der Waals surface area contributed by atoms with Gasteiger partial charge in [-0.3, -0.25) is 0 Å². The zero-order valence-electron chi connectivity index (χ0n) is 12.8. The third-order valence-electron chi connectivity index (χ3n) is 4.52. The molecule has 0 aromatic heterocycles. The monoisotopic (exact) mass is 304 g/mol. The fourth-order valence-electron chi connectivity index (χ4n) is 3.68. The van der Waals surface area contributed by atoms with Gasteiger partial charge in [-0.2, -0.15) is 0 Å². The molecule has 0 saturated heterocycles. The highest BCUT2D eigenvalue weighted by Crippen LogP contribution is 2.44. The molecular formula is C17H24N2OS. The third-order valence-corrected chi connectivity index (χ3v) is 4.74. The van der Waals surface area contributed by atoms with Gasteiger partial charge in [-0.15, -0.1) is 0 Å². The first-order valence-electron chi connectivity index (χ1n) is 7.94. The number of benzene rings is 1. The van der Waals surface area contributed by atoms with Crippen molar-refractivity contribution in [2.45, 2.75) is 51.7 Å². The van der Waals surface area contributed by atoms with Crippen molar-refractivity contribution in [3.8, 4) is 5.75 Å². The first-order chi connectivity index (χ1) is 10.1. The van der Waals surface area contributed by atoms with Gasteiger partial charge in [0.2, 0.25) is 0 Å². The maximum absolute atomic E-state index is 5.71. The van der Waals surface area contributed by atoms with Gasteiger partial charge in [0, 0.05) is 17.8 Å². The summed E-state index contributed by atoms with van der Waals surface area (Å²) >= 11 is 5.46. The average molecular weight is 304 g/mol. The van der Waals surface area contributed by atoms with E-state index in [-0.39, 0.29) is 6.10 Å². The molecule has 1 aromatic rings. The maximum Gasteiger partial charge on any atom is 0.171 e. The Balaban J connectivity index is 1.55. The highest BCUT2D eigenvalue weighted by Gasteiger charge is 2.39. The van der Waals surface area contributed by atoms with Gasteiger partial charge in [0.1, 0.15) is 5.75 Å². The van der Waals surface area contributed by atoms with Gasteiger partial charge in [0.05, 0.1) is 6.10 Å². The van der Waals surface area contributed by atoms with Crippen LogP contribution < -0.4 is 15.4 Å². The van der Waals surface area contributed by atoms with E-state index in [0.29, 0.717) is 6.04 Å². The summed E-state index contributed by atoms with van der Waals surface area (Å²) in [6.45, 7) is 4.06. The van der Waals surface area contributed by atoms with Gasteiger partial charge >= 0.3 is 0 Å². The summed E-state index contributed by atoms with van der Waals surface area (Å²) in [5.74, 6) is 2.63. The van der Waals surface area contributed by atoms with E-state index >= 15 is 0 Å². The van der Waals surface area contributed by atoms with Crippen LogP contribution in [0.4, 0.5) is 5.69 Å². The lowest BCUT2D eigenvalue weighted by Crippen LogP contribution is -2.40. The molecule has 0 unspecified atom stereocenters. The molecule has 0 radical (unpaired) electrons. The summed E-state index contributed by atoms with van der Waals surface area (Å²) < 4.78 is 5.71. The maximum atomic E-state index is 5.71. The topological polar surface area (TPSA) is 33.3 Å². The molecule has 2 aliphatic carbocycles. The Bertz CT molecular complexity index is 517. The Kier molecular flexibility index (Phi) is 4.34. The molecule has 114 valence electrons. The lowest BCUT2D eigenvalue weighted by molar-refractivity contribution is 0.242. The number of anilines is 1. The molecular weight excluding hydrogens is 280 g/mol. The van der Waals surface area contributed by atoms with Crippen molar-refractivity contribution in [2.75, 3.05) is 5.32 Å². The van der Waals surface area contributed by atoms with E-state index in [0.717, 1.165) is 28.4 Å². The second-order valence-electron chi connectivity index (χ2n) is 6.57. The minimum atomic E-state index is 0.180. The summed E-state index contributed by atoms with van der Waals surface area (Å²) in [6, 6.07) is 8.54. The van der Waals surface area contributed by atoms with Crippen molar-refractivity contribution in [1.29, 1.82) is 0 Å². The van der Waals surface area contributed by atoms with Gasteiger partial charge in [-0.05, 0) is 69.3 Å². The lowest BCUT2D eigenvalue weighted by Gasteiger charge is -2.24. The van der Waals surface area contributed by atoms with Crippen molar-refractivity contribution < 1.29 is 4.74 Å². The Morgan fingerprint density at radius 2 is 2.14 bits per heavy atom. The highest BCUT2D eigenvalue weighted by atomic mass is 32.1. The van der Waals surface area contributed by atoms with Crippen molar-refractivity contribution in [1.82, 2.24) is 5.32 Å². The van der Waals surface area contributed by atoms with Gasteiger partial charge in [0.25, 0.3) is 0 Å². The smallest absolute Gasteiger partial charge is 0.171 e. The number of hydrogen-bond donors (Lipinski definition) is 2. The molecule has 2 saturated carbocycles. The summed E-state index contributed by atoms with van der Waals surface area (Å²) in [5.41, 5.74) is 0.980. The first kappa shape index (κ1) is 14.6. The fourth-order valence-corrected chi connectivity index (χ4v) is 3.95. The first-order valence-corrected chi connectivity index (χ1v) is 8.35. The van der Waals surface area contributed by atoms with Crippen LogP contribution in [0.5, 0.6) is 5.75 Å². The highest BCUT2D eigenvalue weighted by molar-refractivity contribution is 7.80. The van der Waals surface area contributed by atoms with Crippen molar-refractivity contribution in [2.24, 2.45) is 11.8 Å². The van der Waals surface area contributed by atoms with Gasteiger partial charge < -0.3 is 15.4 Å². The molecule has 0 aliphatic heterocycles. The Morgan fingerprint density at radius 3 is 2.81 bits per heavy atom. The Hall–Kier alpha value is -1.29. The second kappa shape index (κ2) is 6.22. The van der Waals surface area contributed by atoms with E-state index in [9.17, 15) is 0 Å². The number of rotatable bonds is 4. The predicted molar refractivity (Wildman–Crippen MR) is 90.8 cm³/mol. The standard InChI is InChI=1S/C17H24N2OS/c1-11(2)20-15-5-3-4-14(10-15)18-17(21)19-16-9-12-6-7-13(16)8-12/h3-5,10-13,16H,6-9H2,1-2H3,(H2,18,19,21)/t12-,13-,16-/m0/s1. The van der Waals surface area contributed by atoms with Gasteiger partial charge in [0.15, 0.2) is 5.11 Å². The molecule has 4 heteroatoms.